The molecule has 0 heterocycles. The number of guanidine groups is 1. The molecule has 5 nitrogen and oxygen atoms in total. The summed E-state index contributed by atoms with van der Waals surface area (Å²) in [6.45, 7) is 1.75. The minimum Gasteiger partial charge on any atom is -0.497 e. The molecule has 0 bridgehead atoms. The largest absolute Gasteiger partial charge is 0.497 e. The van der Waals surface area contributed by atoms with Gasteiger partial charge >= 0.3 is 0 Å². The first-order valence-corrected chi connectivity index (χ1v) is 6.94. The zero-order valence-electron chi connectivity index (χ0n) is 12.2. The second-order valence-corrected chi connectivity index (χ2v) is 4.98. The number of hydrogen-bond donors (Lipinski definition) is 1. The average molecular weight is 277 g/mol. The molecule has 1 aromatic carbocycles. The van der Waals surface area contributed by atoms with Gasteiger partial charge in [-0.25, -0.2) is 0 Å². The van der Waals surface area contributed by atoms with Gasteiger partial charge in [0, 0.05) is 13.1 Å². The number of nitrogens with two attached hydrogens (primary N) is 1. The summed E-state index contributed by atoms with van der Waals surface area (Å²) in [5.41, 5.74) is 7.01. The number of ether oxygens (including phenoxy) is 2. The summed E-state index contributed by atoms with van der Waals surface area (Å²) in [5, 5.41) is 0. The molecule has 1 aromatic rings. The number of methoxy groups -OCH3 is 1. The fraction of sp³-hybridized carbons (Fsp3) is 0.533. The molecular formula is C15H23N3O2. The van der Waals surface area contributed by atoms with Gasteiger partial charge in [-0.2, -0.15) is 0 Å². The van der Waals surface area contributed by atoms with Crippen LogP contribution < -0.4 is 10.5 Å². The van der Waals surface area contributed by atoms with Crippen LogP contribution in [0.3, 0.4) is 0 Å². The van der Waals surface area contributed by atoms with E-state index in [1.165, 1.54) is 12.8 Å². The van der Waals surface area contributed by atoms with Crippen LogP contribution in [-0.4, -0.2) is 44.2 Å². The molecule has 0 saturated heterocycles. The summed E-state index contributed by atoms with van der Waals surface area (Å²) < 4.78 is 10.7. The van der Waals surface area contributed by atoms with E-state index >= 15 is 0 Å². The van der Waals surface area contributed by atoms with Gasteiger partial charge in [0.2, 0.25) is 0 Å². The molecule has 0 aliphatic heterocycles. The minimum atomic E-state index is 0.575. The Morgan fingerprint density at radius 2 is 2.05 bits per heavy atom. The lowest BCUT2D eigenvalue weighted by Gasteiger charge is -2.16. The minimum absolute atomic E-state index is 0.575. The fourth-order valence-electron chi connectivity index (χ4n) is 1.90. The Morgan fingerprint density at radius 1 is 1.35 bits per heavy atom. The molecule has 5 heteroatoms. The first-order valence-electron chi connectivity index (χ1n) is 6.94. The third kappa shape index (κ3) is 4.42. The highest BCUT2D eigenvalue weighted by atomic mass is 16.5. The molecule has 0 amide bonds. The van der Waals surface area contributed by atoms with Gasteiger partial charge in [-0.15, -0.1) is 0 Å². The molecule has 0 atom stereocenters. The van der Waals surface area contributed by atoms with Gasteiger partial charge in [-0.05, 0) is 30.5 Å². The molecular weight excluding hydrogens is 254 g/mol. The van der Waals surface area contributed by atoms with Crippen molar-refractivity contribution >= 4 is 5.96 Å². The highest BCUT2D eigenvalue weighted by Crippen LogP contribution is 2.24. The summed E-state index contributed by atoms with van der Waals surface area (Å²) in [6.07, 6.45) is 2.45. The molecule has 2 rings (SSSR count). The van der Waals surface area contributed by atoms with Crippen molar-refractivity contribution < 1.29 is 9.47 Å². The Kier molecular flexibility index (Phi) is 5.24. The Balaban J connectivity index is 1.64. The highest BCUT2D eigenvalue weighted by molar-refractivity contribution is 5.78. The van der Waals surface area contributed by atoms with Crippen LogP contribution in [0.5, 0.6) is 5.75 Å². The van der Waals surface area contributed by atoms with Crippen LogP contribution in [-0.2, 0) is 11.3 Å². The van der Waals surface area contributed by atoms with E-state index in [2.05, 4.69) is 4.99 Å². The standard InChI is InChI=1S/C15H23N3O2/c1-18(13-5-6-13)15(16)17-9-10-20-11-12-3-7-14(19-2)8-4-12/h3-4,7-8,13H,5-6,9-11H2,1-2H3,(H2,16,17). The molecule has 1 aliphatic carbocycles. The van der Waals surface area contributed by atoms with Crippen molar-refractivity contribution in [1.29, 1.82) is 0 Å². The Labute approximate surface area is 120 Å². The van der Waals surface area contributed by atoms with E-state index in [1.807, 2.05) is 36.2 Å². The van der Waals surface area contributed by atoms with E-state index in [-0.39, 0.29) is 0 Å². The van der Waals surface area contributed by atoms with Crippen LogP contribution in [0, 0.1) is 0 Å². The van der Waals surface area contributed by atoms with Crippen LogP contribution in [0.4, 0.5) is 0 Å². The smallest absolute Gasteiger partial charge is 0.191 e. The Hall–Kier alpha value is -1.75. The van der Waals surface area contributed by atoms with E-state index in [4.69, 9.17) is 15.2 Å². The van der Waals surface area contributed by atoms with Gasteiger partial charge in [-0.1, -0.05) is 12.1 Å². The van der Waals surface area contributed by atoms with Crippen molar-refractivity contribution in [2.45, 2.75) is 25.5 Å². The van der Waals surface area contributed by atoms with Crippen molar-refractivity contribution in [3.05, 3.63) is 29.8 Å². The maximum Gasteiger partial charge on any atom is 0.191 e. The summed E-state index contributed by atoms with van der Waals surface area (Å²) in [6, 6.07) is 8.45. The summed E-state index contributed by atoms with van der Waals surface area (Å²) in [4.78, 5) is 6.36. The Bertz CT molecular complexity index is 441. The first kappa shape index (κ1) is 14.7. The first-order chi connectivity index (χ1) is 9.70. The van der Waals surface area contributed by atoms with Crippen LogP contribution in [0.2, 0.25) is 0 Å². The molecule has 1 aliphatic rings. The number of nitrogens with zero attached hydrogens (tertiary/aromatic N) is 2. The van der Waals surface area contributed by atoms with E-state index in [0.29, 0.717) is 31.8 Å². The Morgan fingerprint density at radius 3 is 2.65 bits per heavy atom. The van der Waals surface area contributed by atoms with Crippen molar-refractivity contribution in [1.82, 2.24) is 4.90 Å². The predicted molar refractivity (Wildman–Crippen MR) is 79.9 cm³/mol. The maximum absolute atomic E-state index is 5.89. The zero-order valence-corrected chi connectivity index (χ0v) is 12.2. The normalized spacial score (nSPS) is 15.2. The van der Waals surface area contributed by atoms with Crippen molar-refractivity contribution in [3.8, 4) is 5.75 Å². The molecule has 1 saturated carbocycles. The molecule has 0 aromatic heterocycles. The van der Waals surface area contributed by atoms with Gasteiger partial charge in [0.15, 0.2) is 5.96 Å². The lowest BCUT2D eigenvalue weighted by Crippen LogP contribution is -2.36. The average Bonchev–Trinajstić information content (AvgIpc) is 3.31. The van der Waals surface area contributed by atoms with E-state index in [0.717, 1.165) is 11.3 Å². The second kappa shape index (κ2) is 7.14. The highest BCUT2D eigenvalue weighted by Gasteiger charge is 2.27. The van der Waals surface area contributed by atoms with E-state index in [9.17, 15) is 0 Å². The summed E-state index contributed by atoms with van der Waals surface area (Å²) >= 11 is 0. The lowest BCUT2D eigenvalue weighted by molar-refractivity contribution is 0.128. The van der Waals surface area contributed by atoms with Crippen LogP contribution >= 0.6 is 0 Å². The van der Waals surface area contributed by atoms with Crippen LogP contribution in [0.15, 0.2) is 29.3 Å². The van der Waals surface area contributed by atoms with Crippen molar-refractivity contribution in [3.63, 3.8) is 0 Å². The van der Waals surface area contributed by atoms with Crippen LogP contribution in [0.1, 0.15) is 18.4 Å². The van der Waals surface area contributed by atoms with Gasteiger partial charge in [-0.3, -0.25) is 4.99 Å². The number of aliphatic imine (C=N–C) groups is 1. The van der Waals surface area contributed by atoms with Crippen molar-refractivity contribution in [2.75, 3.05) is 27.3 Å². The molecule has 1 fully saturated rings. The molecule has 0 spiro atoms. The summed E-state index contributed by atoms with van der Waals surface area (Å²) in [5.74, 6) is 1.47. The number of hydrogen-bond acceptors (Lipinski definition) is 3. The maximum atomic E-state index is 5.89. The lowest BCUT2D eigenvalue weighted by atomic mass is 10.2. The number of benzene rings is 1. The second-order valence-electron chi connectivity index (χ2n) is 4.98. The molecule has 0 radical (unpaired) electrons. The fourth-order valence-corrected chi connectivity index (χ4v) is 1.90. The monoisotopic (exact) mass is 277 g/mol. The predicted octanol–water partition coefficient (Wildman–Crippen LogP) is 1.62. The van der Waals surface area contributed by atoms with Crippen LogP contribution in [0.25, 0.3) is 0 Å². The molecule has 20 heavy (non-hydrogen) atoms. The SMILES string of the molecule is COc1ccc(COCCN=C(N)N(C)C2CC2)cc1. The van der Waals surface area contributed by atoms with Gasteiger partial charge < -0.3 is 20.1 Å². The van der Waals surface area contributed by atoms with Gasteiger partial charge in [0.25, 0.3) is 0 Å². The van der Waals surface area contributed by atoms with E-state index in [1.54, 1.807) is 7.11 Å². The molecule has 0 unspecified atom stereocenters. The van der Waals surface area contributed by atoms with Crippen molar-refractivity contribution in [2.24, 2.45) is 10.7 Å². The molecule has 110 valence electrons. The number of rotatable bonds is 7. The van der Waals surface area contributed by atoms with Gasteiger partial charge in [0.05, 0.1) is 26.9 Å². The zero-order chi connectivity index (χ0) is 14.4. The third-order valence-electron chi connectivity index (χ3n) is 3.39. The summed E-state index contributed by atoms with van der Waals surface area (Å²) in [7, 11) is 3.65. The molecule has 2 N–H and O–H groups in total. The van der Waals surface area contributed by atoms with Gasteiger partial charge in [0.1, 0.15) is 5.75 Å². The quantitative estimate of drug-likeness (QED) is 0.467. The van der Waals surface area contributed by atoms with E-state index < -0.39 is 0 Å². The third-order valence-corrected chi connectivity index (χ3v) is 3.39. The topological polar surface area (TPSA) is 60.1 Å².